The van der Waals surface area contributed by atoms with E-state index in [9.17, 15) is 0 Å². The Kier molecular flexibility index (Phi) is 9.27. The number of benzene rings is 2. The van der Waals surface area contributed by atoms with E-state index < -0.39 is 0 Å². The first-order valence-corrected chi connectivity index (χ1v) is 9.97. The quantitative estimate of drug-likeness (QED) is 0.516. The summed E-state index contributed by atoms with van der Waals surface area (Å²) < 4.78 is 5.81. The monoisotopic (exact) mass is 394 g/mol. The molecule has 0 fully saturated rings. The smallest absolute Gasteiger partial charge is 0.119 e. The largest absolute Gasteiger partial charge is 0.489 e. The van der Waals surface area contributed by atoms with Gasteiger partial charge in [-0.1, -0.05) is 55.2 Å². The van der Waals surface area contributed by atoms with Crippen molar-refractivity contribution >= 4 is 23.2 Å². The van der Waals surface area contributed by atoms with Crippen LogP contribution in [0.1, 0.15) is 31.4 Å². The molecule has 5 heteroatoms. The molecular formula is C21H28Cl2N2O. The molecule has 0 radical (unpaired) electrons. The fraction of sp³-hybridized carbons (Fsp3) is 0.429. The van der Waals surface area contributed by atoms with Crippen LogP contribution in [0.3, 0.4) is 0 Å². The molecule has 1 N–H and O–H groups in total. The lowest BCUT2D eigenvalue weighted by Crippen LogP contribution is -2.27. The molecule has 3 nitrogen and oxygen atoms in total. The third-order valence-corrected chi connectivity index (χ3v) is 5.13. The first-order valence-electron chi connectivity index (χ1n) is 9.21. The Labute approximate surface area is 167 Å². The lowest BCUT2D eigenvalue weighted by atomic mass is 10.2. The maximum atomic E-state index is 6.17. The van der Waals surface area contributed by atoms with Crippen LogP contribution in [-0.4, -0.2) is 31.1 Å². The van der Waals surface area contributed by atoms with E-state index in [1.54, 1.807) is 0 Å². The molecule has 0 bridgehead atoms. The van der Waals surface area contributed by atoms with Crippen LogP contribution in [-0.2, 0) is 13.2 Å². The second-order valence-corrected chi connectivity index (χ2v) is 7.00. The Morgan fingerprint density at radius 1 is 0.962 bits per heavy atom. The number of ether oxygens (including phenoxy) is 1. The molecule has 0 aliphatic rings. The highest BCUT2D eigenvalue weighted by molar-refractivity contribution is 6.35. The molecular weight excluding hydrogens is 367 g/mol. The van der Waals surface area contributed by atoms with Crippen molar-refractivity contribution in [3.8, 4) is 5.75 Å². The second kappa shape index (κ2) is 11.5. The van der Waals surface area contributed by atoms with Crippen LogP contribution in [0.5, 0.6) is 5.75 Å². The van der Waals surface area contributed by atoms with E-state index in [4.69, 9.17) is 27.9 Å². The Morgan fingerprint density at radius 2 is 1.62 bits per heavy atom. The van der Waals surface area contributed by atoms with Gasteiger partial charge in [-0.2, -0.15) is 0 Å². The molecule has 0 aliphatic carbocycles. The van der Waals surface area contributed by atoms with Gasteiger partial charge in [-0.25, -0.2) is 0 Å². The summed E-state index contributed by atoms with van der Waals surface area (Å²) in [5, 5.41) is 4.75. The highest BCUT2D eigenvalue weighted by Gasteiger charge is 2.06. The van der Waals surface area contributed by atoms with E-state index in [-0.39, 0.29) is 0 Å². The summed E-state index contributed by atoms with van der Waals surface area (Å²) in [4.78, 5) is 2.44. The molecule has 0 atom stereocenters. The lowest BCUT2D eigenvalue weighted by molar-refractivity contribution is 0.298. The number of halogens is 2. The van der Waals surface area contributed by atoms with Crippen molar-refractivity contribution in [2.24, 2.45) is 0 Å². The molecule has 0 aliphatic heterocycles. The number of rotatable bonds is 11. The van der Waals surface area contributed by atoms with Gasteiger partial charge in [-0.05, 0) is 62.4 Å². The summed E-state index contributed by atoms with van der Waals surface area (Å²) in [5.74, 6) is 0.811. The Bertz CT molecular complexity index is 637. The summed E-state index contributed by atoms with van der Waals surface area (Å²) in [5.41, 5.74) is 2.06. The molecule has 26 heavy (non-hydrogen) atoms. The van der Waals surface area contributed by atoms with Crippen LogP contribution in [0.2, 0.25) is 10.0 Å². The summed E-state index contributed by atoms with van der Waals surface area (Å²) in [6, 6.07) is 13.6. The van der Waals surface area contributed by atoms with E-state index in [0.29, 0.717) is 16.7 Å². The van der Waals surface area contributed by atoms with Gasteiger partial charge < -0.3 is 15.0 Å². The van der Waals surface area contributed by atoms with E-state index >= 15 is 0 Å². The van der Waals surface area contributed by atoms with Gasteiger partial charge in [0.05, 0.1) is 0 Å². The van der Waals surface area contributed by atoms with Gasteiger partial charge in [0.1, 0.15) is 12.4 Å². The van der Waals surface area contributed by atoms with Crippen LogP contribution in [0.25, 0.3) is 0 Å². The normalized spacial score (nSPS) is 11.1. The molecule has 0 amide bonds. The molecule has 0 saturated heterocycles. The lowest BCUT2D eigenvalue weighted by Gasteiger charge is -2.17. The highest BCUT2D eigenvalue weighted by Crippen LogP contribution is 2.25. The zero-order valence-corrected chi connectivity index (χ0v) is 17.1. The minimum Gasteiger partial charge on any atom is -0.489 e. The number of hydrogen-bond acceptors (Lipinski definition) is 3. The minimum atomic E-state index is 0.363. The highest BCUT2D eigenvalue weighted by atomic mass is 35.5. The molecule has 0 aromatic heterocycles. The van der Waals surface area contributed by atoms with Crippen LogP contribution < -0.4 is 10.1 Å². The molecule has 2 rings (SSSR count). The predicted octanol–water partition coefficient (Wildman–Crippen LogP) is 5.39. The molecule has 0 heterocycles. The Morgan fingerprint density at radius 3 is 2.23 bits per heavy atom. The third-order valence-electron chi connectivity index (χ3n) is 4.42. The first-order chi connectivity index (χ1) is 12.6. The van der Waals surface area contributed by atoms with Crippen LogP contribution >= 0.6 is 23.2 Å². The van der Waals surface area contributed by atoms with Gasteiger partial charge in [-0.3, -0.25) is 0 Å². The van der Waals surface area contributed by atoms with Crippen LogP contribution in [0.15, 0.2) is 42.5 Å². The van der Waals surface area contributed by atoms with Gasteiger partial charge >= 0.3 is 0 Å². The average Bonchev–Trinajstić information content (AvgIpc) is 2.65. The standard InChI is InChI=1S/C21H28Cl2N2O/c1-3-25(4-2)14-6-13-24-15-17-9-11-18(12-10-17)26-16-19-20(22)7-5-8-21(19)23/h5,7-12,24H,3-4,6,13-16H2,1-2H3. The summed E-state index contributed by atoms with van der Waals surface area (Å²) in [7, 11) is 0. The van der Waals surface area contributed by atoms with Crippen molar-refractivity contribution in [3.05, 3.63) is 63.6 Å². The first kappa shape index (κ1) is 21.0. The summed E-state index contributed by atoms with van der Waals surface area (Å²) in [6.07, 6.45) is 1.17. The number of hydrogen-bond donors (Lipinski definition) is 1. The molecule has 0 unspecified atom stereocenters. The summed E-state index contributed by atoms with van der Waals surface area (Å²) in [6.45, 7) is 10.1. The molecule has 2 aromatic carbocycles. The number of nitrogens with zero attached hydrogens (tertiary/aromatic N) is 1. The minimum absolute atomic E-state index is 0.363. The Balaban J connectivity index is 1.73. The van der Waals surface area contributed by atoms with Gasteiger partial charge in [0, 0.05) is 22.2 Å². The van der Waals surface area contributed by atoms with Crippen molar-refractivity contribution in [1.29, 1.82) is 0 Å². The van der Waals surface area contributed by atoms with Crippen molar-refractivity contribution in [2.75, 3.05) is 26.2 Å². The van der Waals surface area contributed by atoms with Crippen molar-refractivity contribution < 1.29 is 4.74 Å². The average molecular weight is 395 g/mol. The van der Waals surface area contributed by atoms with Gasteiger partial charge in [0.15, 0.2) is 0 Å². The molecule has 0 saturated carbocycles. The number of nitrogens with one attached hydrogen (secondary N) is 1. The van der Waals surface area contributed by atoms with Crippen molar-refractivity contribution in [2.45, 2.75) is 33.4 Å². The van der Waals surface area contributed by atoms with Crippen molar-refractivity contribution in [3.63, 3.8) is 0 Å². The van der Waals surface area contributed by atoms with Crippen molar-refractivity contribution in [1.82, 2.24) is 10.2 Å². The fourth-order valence-electron chi connectivity index (χ4n) is 2.73. The Hall–Kier alpha value is -1.26. The molecule has 142 valence electrons. The van der Waals surface area contributed by atoms with E-state index in [0.717, 1.165) is 44.0 Å². The maximum absolute atomic E-state index is 6.17. The van der Waals surface area contributed by atoms with Crippen LogP contribution in [0.4, 0.5) is 0 Å². The van der Waals surface area contributed by atoms with Crippen LogP contribution in [0, 0.1) is 0 Å². The fourth-order valence-corrected chi connectivity index (χ4v) is 3.24. The van der Waals surface area contributed by atoms with E-state index in [2.05, 4.69) is 36.2 Å². The maximum Gasteiger partial charge on any atom is 0.119 e. The van der Waals surface area contributed by atoms with E-state index in [1.807, 2.05) is 30.3 Å². The van der Waals surface area contributed by atoms with Gasteiger partial charge in [-0.15, -0.1) is 0 Å². The van der Waals surface area contributed by atoms with E-state index in [1.165, 1.54) is 12.0 Å². The topological polar surface area (TPSA) is 24.5 Å². The zero-order chi connectivity index (χ0) is 18.8. The molecule has 0 spiro atoms. The third kappa shape index (κ3) is 6.81. The predicted molar refractivity (Wildman–Crippen MR) is 111 cm³/mol. The van der Waals surface area contributed by atoms with Gasteiger partial charge in [0.2, 0.25) is 0 Å². The van der Waals surface area contributed by atoms with Gasteiger partial charge in [0.25, 0.3) is 0 Å². The second-order valence-electron chi connectivity index (χ2n) is 6.19. The zero-order valence-electron chi connectivity index (χ0n) is 15.6. The SMILES string of the molecule is CCN(CC)CCCNCc1ccc(OCc2c(Cl)cccc2Cl)cc1. The summed E-state index contributed by atoms with van der Waals surface area (Å²) >= 11 is 12.3. The molecule has 2 aromatic rings.